The van der Waals surface area contributed by atoms with Crippen molar-refractivity contribution in [3.63, 3.8) is 0 Å². The second-order valence-corrected chi connectivity index (χ2v) is 12.8. The smallest absolute Gasteiger partial charge is 0.407 e. The second kappa shape index (κ2) is 14.4. The number of amides is 2. The van der Waals surface area contributed by atoms with E-state index in [4.69, 9.17) is 4.74 Å². The van der Waals surface area contributed by atoms with Crippen LogP contribution in [0.4, 0.5) is 9.18 Å². The predicted molar refractivity (Wildman–Crippen MR) is 156 cm³/mol. The van der Waals surface area contributed by atoms with E-state index in [9.17, 15) is 24.2 Å². The van der Waals surface area contributed by atoms with Gasteiger partial charge in [-0.25, -0.2) is 9.18 Å². The Kier molecular flexibility index (Phi) is 11.5. The van der Waals surface area contributed by atoms with E-state index in [0.717, 1.165) is 22.9 Å². The van der Waals surface area contributed by atoms with Gasteiger partial charge in [-0.05, 0) is 88.1 Å². The number of carbonyl (C=O) groups is 2. The van der Waals surface area contributed by atoms with E-state index in [1.54, 1.807) is 39.0 Å². The van der Waals surface area contributed by atoms with Crippen LogP contribution in [0.1, 0.15) is 64.5 Å². The Labute approximate surface area is 245 Å². The van der Waals surface area contributed by atoms with Gasteiger partial charge < -0.3 is 25.6 Å². The van der Waals surface area contributed by atoms with E-state index in [-0.39, 0.29) is 24.7 Å². The maximum atomic E-state index is 14.6. The lowest BCUT2D eigenvalue weighted by Gasteiger charge is -2.35. The number of hydrogen-bond acceptors (Lipinski definition) is 5. The maximum Gasteiger partial charge on any atom is 0.407 e. The molecular formula is C31H42BrFN2O5. The van der Waals surface area contributed by atoms with Gasteiger partial charge in [-0.1, -0.05) is 59.6 Å². The molecule has 2 amide bonds. The Morgan fingerprint density at radius 3 is 2.40 bits per heavy atom. The molecule has 40 heavy (non-hydrogen) atoms. The normalized spacial score (nSPS) is 21.6. The largest absolute Gasteiger partial charge is 0.444 e. The molecule has 0 spiro atoms. The number of aliphatic hydroxyl groups is 2. The van der Waals surface area contributed by atoms with Crippen molar-refractivity contribution in [3.8, 4) is 0 Å². The van der Waals surface area contributed by atoms with Crippen LogP contribution < -0.4 is 10.6 Å². The molecule has 1 fully saturated rings. The van der Waals surface area contributed by atoms with Gasteiger partial charge in [0.1, 0.15) is 11.4 Å². The number of hydrogen-bond donors (Lipinski definition) is 4. The third-order valence-corrected chi connectivity index (χ3v) is 7.88. The molecule has 0 heterocycles. The van der Waals surface area contributed by atoms with Crippen molar-refractivity contribution in [2.24, 2.45) is 11.8 Å². The number of nitrogens with one attached hydrogen (secondary N) is 2. The third-order valence-electron chi connectivity index (χ3n) is 7.35. The molecule has 4 N–H and O–H groups in total. The molecule has 0 unspecified atom stereocenters. The molecule has 0 aliphatic heterocycles. The Balaban J connectivity index is 1.84. The lowest BCUT2D eigenvalue weighted by Crippen LogP contribution is -2.52. The van der Waals surface area contributed by atoms with Crippen molar-refractivity contribution in [2.75, 3.05) is 0 Å². The number of benzene rings is 2. The summed E-state index contributed by atoms with van der Waals surface area (Å²) < 4.78 is 21.0. The molecule has 1 aliphatic carbocycles. The highest BCUT2D eigenvalue weighted by Crippen LogP contribution is 2.26. The van der Waals surface area contributed by atoms with Gasteiger partial charge in [0, 0.05) is 10.4 Å². The van der Waals surface area contributed by atoms with Crippen LogP contribution in [0.5, 0.6) is 0 Å². The number of halogens is 2. The summed E-state index contributed by atoms with van der Waals surface area (Å²) >= 11 is 3.42. The standard InChI is InChI=1S/C31H42BrFN2O5/c1-19-8-7-11-26(36)28(19)35-29(38)22(17-21-9-5-6-10-24(21)33)18-27(37)25(34-30(39)40-31(2,3)4)16-20-12-14-23(32)15-13-20/h5-6,9-10,12-15,19,22,25-28,36-37H,7-8,11,16-18H2,1-4H3,(H,34,39)(H,35,38)/t19-,22-,25+,26-,27+,28+/m1/s1. The van der Waals surface area contributed by atoms with Crippen LogP contribution in [0, 0.1) is 17.7 Å². The summed E-state index contributed by atoms with van der Waals surface area (Å²) in [7, 11) is 0. The summed E-state index contributed by atoms with van der Waals surface area (Å²) in [6.45, 7) is 7.25. The maximum absolute atomic E-state index is 14.6. The number of ether oxygens (including phenoxy) is 1. The van der Waals surface area contributed by atoms with Crippen LogP contribution in [0.2, 0.25) is 0 Å². The molecule has 0 radical (unpaired) electrons. The van der Waals surface area contributed by atoms with E-state index in [1.165, 1.54) is 6.07 Å². The second-order valence-electron chi connectivity index (χ2n) is 11.9. The van der Waals surface area contributed by atoms with Crippen molar-refractivity contribution in [1.82, 2.24) is 10.6 Å². The van der Waals surface area contributed by atoms with Crippen LogP contribution in [0.25, 0.3) is 0 Å². The number of aliphatic hydroxyl groups excluding tert-OH is 2. The van der Waals surface area contributed by atoms with Gasteiger partial charge in [0.2, 0.25) is 5.91 Å². The minimum absolute atomic E-state index is 0.0334. The van der Waals surface area contributed by atoms with Crippen LogP contribution in [0.3, 0.4) is 0 Å². The Morgan fingerprint density at radius 2 is 1.77 bits per heavy atom. The molecule has 9 heteroatoms. The highest BCUT2D eigenvalue weighted by atomic mass is 79.9. The molecule has 0 saturated heterocycles. The summed E-state index contributed by atoms with van der Waals surface area (Å²) in [6, 6.07) is 12.6. The topological polar surface area (TPSA) is 108 Å². The lowest BCUT2D eigenvalue weighted by atomic mass is 9.82. The van der Waals surface area contributed by atoms with Crippen molar-refractivity contribution in [1.29, 1.82) is 0 Å². The molecule has 1 aliphatic rings. The zero-order chi connectivity index (χ0) is 29.4. The molecule has 7 nitrogen and oxygen atoms in total. The average Bonchev–Trinajstić information content (AvgIpc) is 2.86. The zero-order valence-corrected chi connectivity index (χ0v) is 25.3. The molecule has 2 aromatic rings. The minimum Gasteiger partial charge on any atom is -0.444 e. The van der Waals surface area contributed by atoms with Crippen molar-refractivity contribution in [2.45, 2.75) is 96.1 Å². The summed E-state index contributed by atoms with van der Waals surface area (Å²) in [6.07, 6.45) is 0.211. The van der Waals surface area contributed by atoms with Crippen LogP contribution >= 0.6 is 15.9 Å². The molecule has 3 rings (SSSR count). The SMILES string of the molecule is C[C@@H]1CCC[C@@H](O)[C@H]1NC(=O)[C@H](Cc1ccccc1F)C[C@H](O)[C@H](Cc1ccc(Br)cc1)NC(=O)OC(C)(C)C. The molecule has 0 aromatic heterocycles. The van der Waals surface area contributed by atoms with Crippen molar-refractivity contribution < 1.29 is 28.9 Å². The Bertz CT molecular complexity index is 1110. The predicted octanol–water partition coefficient (Wildman–Crippen LogP) is 5.30. The zero-order valence-electron chi connectivity index (χ0n) is 23.7. The van der Waals surface area contributed by atoms with Gasteiger partial charge in [-0.15, -0.1) is 0 Å². The first-order valence-electron chi connectivity index (χ1n) is 14.0. The summed E-state index contributed by atoms with van der Waals surface area (Å²) in [5, 5.41) is 27.8. The van der Waals surface area contributed by atoms with E-state index in [2.05, 4.69) is 26.6 Å². The Hall–Kier alpha value is -2.49. The monoisotopic (exact) mass is 620 g/mol. The first kappa shape index (κ1) is 32.0. The number of carbonyl (C=O) groups excluding carboxylic acids is 2. The van der Waals surface area contributed by atoms with E-state index in [1.807, 2.05) is 31.2 Å². The van der Waals surface area contributed by atoms with Gasteiger partial charge in [0.25, 0.3) is 0 Å². The lowest BCUT2D eigenvalue weighted by molar-refractivity contribution is -0.128. The number of rotatable bonds is 10. The number of alkyl carbamates (subject to hydrolysis) is 1. The van der Waals surface area contributed by atoms with Crippen LogP contribution in [0.15, 0.2) is 53.0 Å². The quantitative estimate of drug-likeness (QED) is 0.288. The molecule has 6 atom stereocenters. The fourth-order valence-corrected chi connectivity index (χ4v) is 5.46. The fourth-order valence-electron chi connectivity index (χ4n) is 5.19. The van der Waals surface area contributed by atoms with E-state index in [0.29, 0.717) is 18.4 Å². The highest BCUT2D eigenvalue weighted by molar-refractivity contribution is 9.10. The first-order chi connectivity index (χ1) is 18.8. The van der Waals surface area contributed by atoms with Gasteiger partial charge in [0.15, 0.2) is 0 Å². The van der Waals surface area contributed by atoms with Crippen molar-refractivity contribution in [3.05, 3.63) is 69.9 Å². The summed E-state index contributed by atoms with van der Waals surface area (Å²) in [5.74, 6) is -1.51. The van der Waals surface area contributed by atoms with E-state index < -0.39 is 47.7 Å². The molecule has 2 aromatic carbocycles. The molecular weight excluding hydrogens is 579 g/mol. The van der Waals surface area contributed by atoms with E-state index >= 15 is 0 Å². The fraction of sp³-hybridized carbons (Fsp3) is 0.548. The van der Waals surface area contributed by atoms with Gasteiger partial charge >= 0.3 is 6.09 Å². The minimum atomic E-state index is -1.15. The molecule has 1 saturated carbocycles. The highest BCUT2D eigenvalue weighted by Gasteiger charge is 2.35. The van der Waals surface area contributed by atoms with Gasteiger partial charge in [-0.2, -0.15) is 0 Å². The van der Waals surface area contributed by atoms with Crippen LogP contribution in [-0.4, -0.2) is 52.1 Å². The third kappa shape index (κ3) is 9.85. The molecule has 0 bridgehead atoms. The molecule has 220 valence electrons. The summed E-state index contributed by atoms with van der Waals surface area (Å²) in [5.41, 5.74) is 0.497. The first-order valence-corrected chi connectivity index (χ1v) is 14.8. The Morgan fingerprint density at radius 1 is 1.10 bits per heavy atom. The van der Waals surface area contributed by atoms with Crippen LogP contribution in [-0.2, 0) is 22.4 Å². The van der Waals surface area contributed by atoms with Gasteiger partial charge in [-0.3, -0.25) is 4.79 Å². The van der Waals surface area contributed by atoms with Gasteiger partial charge in [0.05, 0.1) is 24.3 Å². The summed E-state index contributed by atoms with van der Waals surface area (Å²) in [4.78, 5) is 26.3. The van der Waals surface area contributed by atoms with Crippen molar-refractivity contribution >= 4 is 27.9 Å². The average molecular weight is 622 g/mol.